The van der Waals surface area contributed by atoms with Crippen molar-refractivity contribution < 1.29 is 0 Å². The Morgan fingerprint density at radius 2 is 0.687 bits per heavy atom. The van der Waals surface area contributed by atoms with Crippen molar-refractivity contribution in [1.29, 1.82) is 0 Å². The first kappa shape index (κ1) is 38.9. The lowest BCUT2D eigenvalue weighted by Gasteiger charge is -2.36. The zero-order valence-corrected chi connectivity index (χ0v) is 37.8. The molecule has 3 heteroatoms. The Kier molecular flexibility index (Phi) is 9.22. The average Bonchev–Trinajstić information content (AvgIpc) is 3.72. The van der Waals surface area contributed by atoms with Gasteiger partial charge in [-0.05, 0) is 108 Å². The van der Waals surface area contributed by atoms with Crippen LogP contribution in [0.3, 0.4) is 0 Å². The number of benzene rings is 12. The van der Waals surface area contributed by atoms with Gasteiger partial charge in [-0.3, -0.25) is 0 Å². The Hall–Kier alpha value is -8.50. The fourth-order valence-electron chi connectivity index (χ4n) is 11.3. The molecule has 12 aromatic rings. The molecule has 0 spiro atoms. The van der Waals surface area contributed by atoms with Gasteiger partial charge >= 0.3 is 0 Å². The zero-order valence-electron chi connectivity index (χ0n) is 36.8. The van der Waals surface area contributed by atoms with Crippen LogP contribution in [-0.2, 0) is 0 Å². The van der Waals surface area contributed by atoms with Crippen LogP contribution in [0.4, 0.5) is 34.1 Å². The standard InChI is InChI=1S/C64H44N2Si/c1-6-21-45(22-7-1)52-31-16-18-34-57(52)65(48-23-8-2-9-24-48)58-43-39-46-38-42-56-59(44-40-47-37-41-55(58)62(46)63(47)56)66(49-25-10-3-11-26-49)60-35-20-33-54-53-32-17-19-36-61(53)67(64(54)60,50-27-12-4-13-28-50)51-29-14-5-15-30-51/h1-44H. The molecule has 1 aliphatic rings. The fourth-order valence-corrected chi connectivity index (χ4v) is 16.7. The molecule has 0 atom stereocenters. The SMILES string of the molecule is c1ccc(-c2ccccc2N(c2ccccc2)c2ccc3ccc4c(N(c5ccccc5)c5cccc6c5[Si](c5ccccc5)(c5ccccc5)c5ccccc5-6)ccc5ccc2c3c54)cc1. The van der Waals surface area contributed by atoms with Crippen molar-refractivity contribution in [2.75, 3.05) is 9.80 Å². The van der Waals surface area contributed by atoms with Gasteiger partial charge in [0.1, 0.15) is 0 Å². The normalized spacial score (nSPS) is 12.6. The van der Waals surface area contributed by atoms with Crippen LogP contribution in [0.1, 0.15) is 0 Å². The summed E-state index contributed by atoms with van der Waals surface area (Å²) < 4.78 is 0. The molecule has 67 heavy (non-hydrogen) atoms. The Morgan fingerprint density at radius 1 is 0.269 bits per heavy atom. The van der Waals surface area contributed by atoms with E-state index < -0.39 is 8.07 Å². The molecule has 0 saturated carbocycles. The number of hydrogen-bond donors (Lipinski definition) is 0. The maximum Gasteiger partial charge on any atom is 0.183 e. The first-order chi connectivity index (χ1) is 33.3. The second-order valence-electron chi connectivity index (χ2n) is 17.5. The molecule has 1 aliphatic heterocycles. The number of rotatable bonds is 9. The molecule has 12 aromatic carbocycles. The Labute approximate surface area is 392 Å². The van der Waals surface area contributed by atoms with Gasteiger partial charge in [0.2, 0.25) is 0 Å². The highest BCUT2D eigenvalue weighted by Crippen LogP contribution is 2.49. The van der Waals surface area contributed by atoms with Crippen molar-refractivity contribution in [2.45, 2.75) is 0 Å². The van der Waals surface area contributed by atoms with Crippen molar-refractivity contribution >= 4 is 95.3 Å². The predicted octanol–water partition coefficient (Wildman–Crippen LogP) is 14.5. The predicted molar refractivity (Wildman–Crippen MR) is 288 cm³/mol. The maximum absolute atomic E-state index is 2.89. The summed E-state index contributed by atoms with van der Waals surface area (Å²) in [7, 11) is -2.89. The van der Waals surface area contributed by atoms with Gasteiger partial charge in [0.15, 0.2) is 8.07 Å². The molecule has 0 fully saturated rings. The lowest BCUT2D eigenvalue weighted by molar-refractivity contribution is 1.30. The van der Waals surface area contributed by atoms with E-state index in [2.05, 4.69) is 277 Å². The van der Waals surface area contributed by atoms with Crippen LogP contribution in [0.5, 0.6) is 0 Å². The Bertz CT molecular complexity index is 3700. The van der Waals surface area contributed by atoms with Gasteiger partial charge in [-0.25, -0.2) is 0 Å². The highest BCUT2D eigenvalue weighted by atomic mass is 28.3. The number of para-hydroxylation sites is 3. The van der Waals surface area contributed by atoms with Gasteiger partial charge in [0, 0.05) is 33.4 Å². The summed E-state index contributed by atoms with van der Waals surface area (Å²) >= 11 is 0. The minimum atomic E-state index is -2.89. The third-order valence-electron chi connectivity index (χ3n) is 14.1. The van der Waals surface area contributed by atoms with Crippen LogP contribution >= 0.6 is 0 Å². The number of hydrogen-bond acceptors (Lipinski definition) is 2. The smallest absolute Gasteiger partial charge is 0.183 e. The van der Waals surface area contributed by atoms with Crippen LogP contribution in [0.25, 0.3) is 54.6 Å². The summed E-state index contributed by atoms with van der Waals surface area (Å²) in [6.45, 7) is 0. The molecule has 0 amide bonds. The van der Waals surface area contributed by atoms with E-state index >= 15 is 0 Å². The van der Waals surface area contributed by atoms with Gasteiger partial charge in [0.25, 0.3) is 0 Å². The van der Waals surface area contributed by atoms with Crippen LogP contribution in [0, 0.1) is 0 Å². The quantitative estimate of drug-likeness (QED) is 0.105. The van der Waals surface area contributed by atoms with Crippen molar-refractivity contribution in [3.63, 3.8) is 0 Å². The van der Waals surface area contributed by atoms with Crippen LogP contribution < -0.4 is 30.5 Å². The van der Waals surface area contributed by atoms with Gasteiger partial charge in [0.05, 0.1) is 17.1 Å². The third kappa shape index (κ3) is 6.02. The summed E-state index contributed by atoms with van der Waals surface area (Å²) in [5.74, 6) is 0. The van der Waals surface area contributed by atoms with E-state index in [9.17, 15) is 0 Å². The second-order valence-corrected chi connectivity index (χ2v) is 21.2. The Balaban J connectivity index is 1.09. The summed E-state index contributed by atoms with van der Waals surface area (Å²) in [5.41, 5.74) is 11.9. The molecule has 0 N–H and O–H groups in total. The van der Waals surface area contributed by atoms with E-state index in [-0.39, 0.29) is 0 Å². The van der Waals surface area contributed by atoms with Crippen molar-refractivity contribution in [2.24, 2.45) is 0 Å². The minimum Gasteiger partial charge on any atom is -0.310 e. The first-order valence-corrected chi connectivity index (χ1v) is 25.2. The number of anilines is 6. The van der Waals surface area contributed by atoms with E-state index in [1.165, 1.54) is 81.0 Å². The molecule has 0 unspecified atom stereocenters. The molecule has 0 aromatic heterocycles. The van der Waals surface area contributed by atoms with Gasteiger partial charge in [-0.2, -0.15) is 0 Å². The molecule has 0 radical (unpaired) electrons. The van der Waals surface area contributed by atoms with E-state index in [1.54, 1.807) is 0 Å². The minimum absolute atomic E-state index is 1.11. The molecule has 0 saturated heterocycles. The molecular weight excluding hydrogens is 825 g/mol. The monoisotopic (exact) mass is 868 g/mol. The van der Waals surface area contributed by atoms with Crippen LogP contribution in [0.15, 0.2) is 267 Å². The molecule has 13 rings (SSSR count). The van der Waals surface area contributed by atoms with E-state index in [4.69, 9.17) is 0 Å². The summed E-state index contributed by atoms with van der Waals surface area (Å²) in [6.07, 6.45) is 0. The Morgan fingerprint density at radius 3 is 1.25 bits per heavy atom. The molecule has 2 nitrogen and oxygen atoms in total. The summed E-state index contributed by atoms with van der Waals surface area (Å²) in [4.78, 5) is 5.02. The van der Waals surface area contributed by atoms with E-state index in [1.807, 2.05) is 0 Å². The van der Waals surface area contributed by atoms with Gasteiger partial charge in [-0.1, -0.05) is 218 Å². The van der Waals surface area contributed by atoms with Crippen molar-refractivity contribution in [1.82, 2.24) is 0 Å². The topological polar surface area (TPSA) is 6.48 Å². The number of nitrogens with zero attached hydrogens (tertiary/aromatic N) is 2. The molecule has 0 aliphatic carbocycles. The molecule has 0 bridgehead atoms. The number of fused-ring (bicyclic) bond motifs is 3. The highest BCUT2D eigenvalue weighted by molar-refractivity contribution is 7.22. The van der Waals surface area contributed by atoms with Crippen molar-refractivity contribution in [3.05, 3.63) is 267 Å². The van der Waals surface area contributed by atoms with Crippen molar-refractivity contribution in [3.8, 4) is 22.3 Å². The first-order valence-electron chi connectivity index (χ1n) is 23.2. The lowest BCUT2D eigenvalue weighted by atomic mass is 9.91. The molecular formula is C64H44N2Si. The van der Waals surface area contributed by atoms with E-state index in [0.29, 0.717) is 0 Å². The summed E-state index contributed by atoms with van der Waals surface area (Å²) in [5, 5.41) is 13.0. The van der Waals surface area contributed by atoms with Gasteiger partial charge < -0.3 is 9.80 Å². The third-order valence-corrected chi connectivity index (χ3v) is 19.0. The zero-order chi connectivity index (χ0) is 44.3. The van der Waals surface area contributed by atoms with Crippen LogP contribution in [-0.4, -0.2) is 8.07 Å². The van der Waals surface area contributed by atoms with Gasteiger partial charge in [-0.15, -0.1) is 0 Å². The average molecular weight is 869 g/mol. The maximum atomic E-state index is 2.57. The highest BCUT2D eigenvalue weighted by Gasteiger charge is 2.50. The summed E-state index contributed by atoms with van der Waals surface area (Å²) in [6, 6.07) is 99.0. The van der Waals surface area contributed by atoms with E-state index in [0.717, 1.165) is 28.4 Å². The second kappa shape index (κ2) is 15.9. The van der Waals surface area contributed by atoms with Crippen LogP contribution in [0.2, 0.25) is 0 Å². The fraction of sp³-hybridized carbons (Fsp3) is 0. The molecule has 314 valence electrons. The lowest BCUT2D eigenvalue weighted by Crippen LogP contribution is -2.73. The molecule has 1 heterocycles. The largest absolute Gasteiger partial charge is 0.310 e.